The number of hydrogen-bond acceptors (Lipinski definition) is 5. The van der Waals surface area contributed by atoms with Crippen molar-refractivity contribution < 1.29 is 4.74 Å². The fourth-order valence-corrected chi connectivity index (χ4v) is 3.99. The molecule has 0 aliphatic carbocycles. The van der Waals surface area contributed by atoms with Crippen molar-refractivity contribution >= 4 is 35.8 Å². The summed E-state index contributed by atoms with van der Waals surface area (Å²) in [6.45, 7) is 4.84. The number of anilines is 1. The van der Waals surface area contributed by atoms with Crippen molar-refractivity contribution in [3.8, 4) is 5.75 Å². The molecule has 2 heterocycles. The maximum absolute atomic E-state index is 5.64. The molecule has 2 aromatic rings. The van der Waals surface area contributed by atoms with Gasteiger partial charge in [-0.15, -0.1) is 24.0 Å². The Morgan fingerprint density at radius 3 is 2.53 bits per heavy atom. The molecule has 176 valence electrons. The summed E-state index contributed by atoms with van der Waals surface area (Å²) < 4.78 is 5.64. The third-order valence-corrected chi connectivity index (χ3v) is 5.63. The highest BCUT2D eigenvalue weighted by molar-refractivity contribution is 14.0. The molecule has 3 rings (SSSR count). The van der Waals surface area contributed by atoms with Gasteiger partial charge in [-0.3, -0.25) is 9.89 Å². The molecule has 1 fully saturated rings. The van der Waals surface area contributed by atoms with Crippen LogP contribution < -0.4 is 20.7 Å². The number of pyridine rings is 1. The van der Waals surface area contributed by atoms with E-state index in [0.717, 1.165) is 63.1 Å². The molecule has 1 aromatic carbocycles. The molecule has 0 amide bonds. The molecule has 0 radical (unpaired) electrons. The molecule has 1 aliphatic rings. The lowest BCUT2D eigenvalue weighted by Gasteiger charge is -2.30. The van der Waals surface area contributed by atoms with Gasteiger partial charge in [-0.25, -0.2) is 4.98 Å². The number of aromatic nitrogens is 1. The maximum atomic E-state index is 5.64. The second-order valence-corrected chi connectivity index (χ2v) is 7.73. The second-order valence-electron chi connectivity index (χ2n) is 7.73. The van der Waals surface area contributed by atoms with Crippen molar-refractivity contribution in [1.82, 2.24) is 20.5 Å². The molecular weight excluding hydrogens is 515 g/mol. The van der Waals surface area contributed by atoms with Crippen molar-refractivity contribution in [1.29, 1.82) is 0 Å². The van der Waals surface area contributed by atoms with Crippen LogP contribution in [0.1, 0.15) is 37.3 Å². The minimum atomic E-state index is 0. The third-order valence-electron chi connectivity index (χ3n) is 5.63. The molecule has 1 aliphatic heterocycles. The number of likely N-dealkylation sites (tertiary alicyclic amines) is 1. The lowest BCUT2D eigenvalue weighted by Crippen LogP contribution is -2.43. The minimum Gasteiger partial charge on any atom is -0.496 e. The number of rotatable bonds is 11. The fourth-order valence-electron chi connectivity index (χ4n) is 3.99. The largest absolute Gasteiger partial charge is 0.496 e. The van der Waals surface area contributed by atoms with Crippen LogP contribution in [0.3, 0.4) is 0 Å². The molecule has 1 unspecified atom stereocenters. The van der Waals surface area contributed by atoms with E-state index < -0.39 is 0 Å². The van der Waals surface area contributed by atoms with Crippen LogP contribution in [0.5, 0.6) is 5.75 Å². The van der Waals surface area contributed by atoms with E-state index in [1.54, 1.807) is 13.3 Å². The van der Waals surface area contributed by atoms with Gasteiger partial charge in [-0.2, -0.15) is 0 Å². The van der Waals surface area contributed by atoms with Gasteiger partial charge in [0.05, 0.1) is 13.2 Å². The molecule has 1 saturated heterocycles. The Morgan fingerprint density at radius 1 is 1.06 bits per heavy atom. The zero-order valence-corrected chi connectivity index (χ0v) is 21.5. The van der Waals surface area contributed by atoms with Crippen LogP contribution in [0.4, 0.5) is 5.82 Å². The second kappa shape index (κ2) is 14.9. The standard InChI is InChI=1S/C24H36N6O.HI/c1-25-24(28-16-8-7-15-27-23-13-5-6-14-26-23)29-19-21(30-17-9-10-18-30)20-11-3-4-12-22(20)31-2;/h3-6,11-14,21H,7-10,15-19H2,1-2H3,(H,26,27)(H2,25,28,29);1H. The van der Waals surface area contributed by atoms with Crippen LogP contribution in [0.15, 0.2) is 53.7 Å². The van der Waals surface area contributed by atoms with Gasteiger partial charge in [-0.1, -0.05) is 24.3 Å². The van der Waals surface area contributed by atoms with E-state index in [-0.39, 0.29) is 30.0 Å². The molecule has 0 bridgehead atoms. The predicted octanol–water partition coefficient (Wildman–Crippen LogP) is 3.90. The number of unbranched alkanes of at least 4 members (excludes halogenated alkanes) is 1. The molecule has 3 N–H and O–H groups in total. The molecule has 1 atom stereocenters. The Hall–Kier alpha value is -2.07. The Morgan fingerprint density at radius 2 is 1.81 bits per heavy atom. The first-order valence-corrected chi connectivity index (χ1v) is 11.3. The number of methoxy groups -OCH3 is 1. The van der Waals surface area contributed by atoms with Crippen molar-refractivity contribution in [3.05, 3.63) is 54.2 Å². The summed E-state index contributed by atoms with van der Waals surface area (Å²) in [7, 11) is 3.57. The smallest absolute Gasteiger partial charge is 0.191 e. The summed E-state index contributed by atoms with van der Waals surface area (Å²) >= 11 is 0. The fraction of sp³-hybridized carbons (Fsp3) is 0.500. The molecule has 8 heteroatoms. The van der Waals surface area contributed by atoms with Crippen LogP contribution in [0, 0.1) is 0 Å². The van der Waals surface area contributed by atoms with E-state index in [9.17, 15) is 0 Å². The van der Waals surface area contributed by atoms with E-state index in [0.29, 0.717) is 0 Å². The van der Waals surface area contributed by atoms with Crippen LogP contribution >= 0.6 is 24.0 Å². The number of benzene rings is 1. The molecular formula is C24H37IN6O. The summed E-state index contributed by atoms with van der Waals surface area (Å²) in [4.78, 5) is 11.2. The Bertz CT molecular complexity index is 798. The van der Waals surface area contributed by atoms with Gasteiger partial charge >= 0.3 is 0 Å². The number of halogens is 1. The topological polar surface area (TPSA) is 73.8 Å². The SMILES string of the molecule is CN=C(NCCCCNc1ccccn1)NCC(c1ccccc1OC)N1CCCC1.I. The van der Waals surface area contributed by atoms with Crippen LogP contribution in [-0.4, -0.2) is 62.7 Å². The van der Waals surface area contributed by atoms with Gasteiger partial charge in [-0.05, 0) is 57.0 Å². The monoisotopic (exact) mass is 552 g/mol. The highest BCUT2D eigenvalue weighted by Gasteiger charge is 2.25. The molecule has 7 nitrogen and oxygen atoms in total. The first-order valence-electron chi connectivity index (χ1n) is 11.3. The van der Waals surface area contributed by atoms with Gasteiger partial charge in [0, 0.05) is 38.4 Å². The molecule has 0 spiro atoms. The number of hydrogen-bond donors (Lipinski definition) is 3. The molecule has 0 saturated carbocycles. The van der Waals surface area contributed by atoms with Gasteiger partial charge in [0.15, 0.2) is 5.96 Å². The van der Waals surface area contributed by atoms with E-state index in [1.165, 1.54) is 18.4 Å². The summed E-state index contributed by atoms with van der Waals surface area (Å²) in [6.07, 6.45) is 6.44. The van der Waals surface area contributed by atoms with E-state index in [2.05, 4.69) is 43.0 Å². The highest BCUT2D eigenvalue weighted by atomic mass is 127. The molecule has 1 aromatic heterocycles. The minimum absolute atomic E-state index is 0. The predicted molar refractivity (Wildman–Crippen MR) is 143 cm³/mol. The Labute approximate surface area is 209 Å². The number of nitrogens with one attached hydrogen (secondary N) is 3. The lowest BCUT2D eigenvalue weighted by molar-refractivity contribution is 0.239. The van der Waals surface area contributed by atoms with Crippen LogP contribution in [-0.2, 0) is 0 Å². The van der Waals surface area contributed by atoms with Crippen molar-refractivity contribution in [3.63, 3.8) is 0 Å². The lowest BCUT2D eigenvalue weighted by atomic mass is 10.0. The number of guanidine groups is 1. The van der Waals surface area contributed by atoms with Crippen LogP contribution in [0.2, 0.25) is 0 Å². The first-order chi connectivity index (χ1) is 15.3. The average Bonchev–Trinajstić information content (AvgIpc) is 3.35. The average molecular weight is 553 g/mol. The third kappa shape index (κ3) is 8.12. The van der Waals surface area contributed by atoms with Crippen molar-refractivity contribution in [2.45, 2.75) is 31.7 Å². The molecule has 32 heavy (non-hydrogen) atoms. The first kappa shape index (κ1) is 26.2. The summed E-state index contributed by atoms with van der Waals surface area (Å²) in [5.74, 6) is 2.72. The van der Waals surface area contributed by atoms with Crippen molar-refractivity contribution in [2.24, 2.45) is 4.99 Å². The van der Waals surface area contributed by atoms with Gasteiger partial charge in [0.1, 0.15) is 11.6 Å². The highest BCUT2D eigenvalue weighted by Crippen LogP contribution is 2.31. The van der Waals surface area contributed by atoms with E-state index >= 15 is 0 Å². The van der Waals surface area contributed by atoms with E-state index in [1.807, 2.05) is 37.4 Å². The maximum Gasteiger partial charge on any atom is 0.191 e. The van der Waals surface area contributed by atoms with Crippen molar-refractivity contribution in [2.75, 3.05) is 52.2 Å². The zero-order chi connectivity index (χ0) is 21.7. The quantitative estimate of drug-likeness (QED) is 0.170. The Kier molecular flexibility index (Phi) is 12.2. The number of para-hydroxylation sites is 1. The number of aliphatic imine (C=N–C) groups is 1. The summed E-state index contributed by atoms with van der Waals surface area (Å²) in [5, 5.41) is 10.3. The Balaban J connectivity index is 0.00000363. The summed E-state index contributed by atoms with van der Waals surface area (Å²) in [6, 6.07) is 14.5. The van der Waals surface area contributed by atoms with Gasteiger partial charge < -0.3 is 20.7 Å². The number of nitrogens with zero attached hydrogens (tertiary/aromatic N) is 3. The number of ether oxygens (including phenoxy) is 1. The van der Waals surface area contributed by atoms with Gasteiger partial charge in [0.25, 0.3) is 0 Å². The summed E-state index contributed by atoms with van der Waals surface area (Å²) in [5.41, 5.74) is 1.23. The normalized spacial score (nSPS) is 15.0. The van der Waals surface area contributed by atoms with Crippen LogP contribution in [0.25, 0.3) is 0 Å². The zero-order valence-electron chi connectivity index (χ0n) is 19.2. The van der Waals surface area contributed by atoms with E-state index in [4.69, 9.17) is 4.74 Å². The van der Waals surface area contributed by atoms with Gasteiger partial charge in [0.2, 0.25) is 0 Å².